The van der Waals surface area contributed by atoms with Crippen LogP contribution < -0.4 is 15.4 Å². The predicted octanol–water partition coefficient (Wildman–Crippen LogP) is 3.47. The van der Waals surface area contributed by atoms with Crippen molar-refractivity contribution in [1.29, 1.82) is 0 Å². The van der Waals surface area contributed by atoms with Gasteiger partial charge in [0, 0.05) is 29.2 Å². The lowest BCUT2D eigenvalue weighted by Gasteiger charge is -2.09. The first-order chi connectivity index (χ1) is 13.7. The lowest BCUT2D eigenvalue weighted by molar-refractivity contribution is 0.309. The number of anilines is 2. The fourth-order valence-electron chi connectivity index (χ4n) is 2.82. The fraction of sp³-hybridized carbons (Fsp3) is 0.250. The minimum Gasteiger partial charge on any atom is -0.492 e. The Morgan fingerprint density at radius 2 is 1.93 bits per heavy atom. The van der Waals surface area contributed by atoms with Gasteiger partial charge in [-0.3, -0.25) is 5.10 Å². The lowest BCUT2D eigenvalue weighted by Crippen LogP contribution is -2.27. The second-order valence-electron chi connectivity index (χ2n) is 6.79. The number of aromatic amines is 2. The van der Waals surface area contributed by atoms with E-state index >= 15 is 0 Å². The molecule has 0 amide bonds. The molecule has 0 atom stereocenters. The SMILES string of the molecule is CC(C)NCCOc1ccc(-c2n[nH]c(Nc3ccc4[nH]ncc4c3)n2)cc1. The van der Waals surface area contributed by atoms with E-state index in [1.807, 2.05) is 42.5 Å². The van der Waals surface area contributed by atoms with E-state index in [0.29, 0.717) is 24.4 Å². The molecular weight excluding hydrogens is 354 g/mol. The van der Waals surface area contributed by atoms with E-state index in [1.54, 1.807) is 6.20 Å². The van der Waals surface area contributed by atoms with Crippen LogP contribution in [-0.2, 0) is 0 Å². The molecule has 0 aliphatic heterocycles. The van der Waals surface area contributed by atoms with Crippen molar-refractivity contribution >= 4 is 22.5 Å². The van der Waals surface area contributed by atoms with Crippen LogP contribution >= 0.6 is 0 Å². The zero-order valence-electron chi connectivity index (χ0n) is 15.9. The normalized spacial score (nSPS) is 11.2. The number of ether oxygens (including phenoxy) is 1. The number of H-pyrrole nitrogens is 2. The highest BCUT2D eigenvalue weighted by Crippen LogP contribution is 2.22. The predicted molar refractivity (Wildman–Crippen MR) is 110 cm³/mol. The standard InChI is InChI=1S/C20H23N7O/c1-13(2)21-9-10-28-17-6-3-14(4-7-17)19-24-20(27-26-19)23-16-5-8-18-15(11-16)12-22-25-18/h3-8,11-13,21H,9-10H2,1-2H3,(H,22,25)(H2,23,24,26,27). The second-order valence-corrected chi connectivity index (χ2v) is 6.79. The molecule has 0 saturated heterocycles. The van der Waals surface area contributed by atoms with Crippen molar-refractivity contribution in [2.45, 2.75) is 19.9 Å². The third-order valence-corrected chi connectivity index (χ3v) is 4.22. The van der Waals surface area contributed by atoms with Gasteiger partial charge >= 0.3 is 0 Å². The molecule has 8 nitrogen and oxygen atoms in total. The molecule has 2 aromatic carbocycles. The summed E-state index contributed by atoms with van der Waals surface area (Å²) in [6.45, 7) is 5.68. The van der Waals surface area contributed by atoms with Crippen LogP contribution in [0.25, 0.3) is 22.3 Å². The van der Waals surface area contributed by atoms with E-state index in [9.17, 15) is 0 Å². The maximum Gasteiger partial charge on any atom is 0.223 e. The highest BCUT2D eigenvalue weighted by molar-refractivity contribution is 5.82. The highest BCUT2D eigenvalue weighted by atomic mass is 16.5. The molecule has 28 heavy (non-hydrogen) atoms. The Morgan fingerprint density at radius 1 is 1.07 bits per heavy atom. The van der Waals surface area contributed by atoms with Gasteiger partial charge in [0.25, 0.3) is 0 Å². The zero-order valence-corrected chi connectivity index (χ0v) is 15.9. The summed E-state index contributed by atoms with van der Waals surface area (Å²) in [5.41, 5.74) is 2.82. The molecule has 144 valence electrons. The number of rotatable bonds is 8. The number of nitrogens with zero attached hydrogens (tertiary/aromatic N) is 3. The molecule has 2 heterocycles. The first kappa shape index (κ1) is 18.0. The van der Waals surface area contributed by atoms with Crippen molar-refractivity contribution in [1.82, 2.24) is 30.7 Å². The Balaban J connectivity index is 1.38. The Bertz CT molecular complexity index is 1040. The maximum absolute atomic E-state index is 5.73. The second kappa shape index (κ2) is 8.10. The fourth-order valence-corrected chi connectivity index (χ4v) is 2.82. The molecule has 0 aliphatic rings. The van der Waals surface area contributed by atoms with Crippen LogP contribution in [0.1, 0.15) is 13.8 Å². The number of benzene rings is 2. The summed E-state index contributed by atoms with van der Waals surface area (Å²) < 4.78 is 5.73. The van der Waals surface area contributed by atoms with Gasteiger partial charge < -0.3 is 15.4 Å². The van der Waals surface area contributed by atoms with Gasteiger partial charge in [-0.05, 0) is 42.5 Å². The summed E-state index contributed by atoms with van der Waals surface area (Å²) in [6, 6.07) is 14.2. The minimum atomic E-state index is 0.459. The Labute approximate surface area is 162 Å². The summed E-state index contributed by atoms with van der Waals surface area (Å²) in [7, 11) is 0. The molecule has 0 spiro atoms. The van der Waals surface area contributed by atoms with Crippen molar-refractivity contribution in [3.05, 3.63) is 48.7 Å². The summed E-state index contributed by atoms with van der Waals surface area (Å²) in [5.74, 6) is 2.04. The smallest absolute Gasteiger partial charge is 0.223 e. The number of aromatic nitrogens is 5. The molecule has 0 fully saturated rings. The Hall–Kier alpha value is -3.39. The topological polar surface area (TPSA) is 104 Å². The van der Waals surface area contributed by atoms with Crippen molar-refractivity contribution in [2.75, 3.05) is 18.5 Å². The first-order valence-corrected chi connectivity index (χ1v) is 9.26. The van der Waals surface area contributed by atoms with Crippen LogP contribution in [-0.4, -0.2) is 44.6 Å². The van der Waals surface area contributed by atoms with Gasteiger partial charge in [0.1, 0.15) is 12.4 Å². The van der Waals surface area contributed by atoms with E-state index in [-0.39, 0.29) is 0 Å². The van der Waals surface area contributed by atoms with Gasteiger partial charge in [0.15, 0.2) is 5.82 Å². The van der Waals surface area contributed by atoms with E-state index in [4.69, 9.17) is 4.74 Å². The largest absolute Gasteiger partial charge is 0.492 e. The van der Waals surface area contributed by atoms with Gasteiger partial charge in [0.2, 0.25) is 5.95 Å². The molecule has 4 rings (SSSR count). The van der Waals surface area contributed by atoms with Crippen LogP contribution in [0.15, 0.2) is 48.7 Å². The third kappa shape index (κ3) is 4.29. The number of nitrogens with one attached hydrogen (secondary N) is 4. The zero-order chi connectivity index (χ0) is 19.3. The lowest BCUT2D eigenvalue weighted by atomic mass is 10.2. The van der Waals surface area contributed by atoms with Crippen molar-refractivity contribution in [2.24, 2.45) is 0 Å². The third-order valence-electron chi connectivity index (χ3n) is 4.22. The molecule has 0 saturated carbocycles. The molecular formula is C20H23N7O. The van der Waals surface area contributed by atoms with E-state index in [2.05, 4.69) is 49.9 Å². The summed E-state index contributed by atoms with van der Waals surface area (Å²) in [5, 5.41) is 21.8. The van der Waals surface area contributed by atoms with Crippen LogP contribution in [0.2, 0.25) is 0 Å². The van der Waals surface area contributed by atoms with Crippen molar-refractivity contribution < 1.29 is 4.74 Å². The monoisotopic (exact) mass is 377 g/mol. The number of hydrogen-bond acceptors (Lipinski definition) is 6. The van der Waals surface area contributed by atoms with Gasteiger partial charge in [-0.25, -0.2) is 5.10 Å². The van der Waals surface area contributed by atoms with Gasteiger partial charge in [-0.1, -0.05) is 13.8 Å². The Kier molecular flexibility index (Phi) is 5.20. The number of hydrogen-bond donors (Lipinski definition) is 4. The first-order valence-electron chi connectivity index (χ1n) is 9.26. The molecule has 0 radical (unpaired) electrons. The van der Waals surface area contributed by atoms with Crippen molar-refractivity contribution in [3.63, 3.8) is 0 Å². The molecule has 0 aliphatic carbocycles. The molecule has 4 N–H and O–H groups in total. The Morgan fingerprint density at radius 3 is 2.75 bits per heavy atom. The molecule has 0 unspecified atom stereocenters. The molecule has 0 bridgehead atoms. The summed E-state index contributed by atoms with van der Waals surface area (Å²) in [4.78, 5) is 4.52. The quantitative estimate of drug-likeness (QED) is 0.351. The van der Waals surface area contributed by atoms with E-state index in [1.165, 1.54) is 0 Å². The van der Waals surface area contributed by atoms with Gasteiger partial charge in [-0.15, -0.1) is 0 Å². The van der Waals surface area contributed by atoms with E-state index in [0.717, 1.165) is 34.4 Å². The summed E-state index contributed by atoms with van der Waals surface area (Å²) >= 11 is 0. The average molecular weight is 377 g/mol. The van der Waals surface area contributed by atoms with Crippen LogP contribution in [0.4, 0.5) is 11.6 Å². The molecule has 2 aromatic heterocycles. The van der Waals surface area contributed by atoms with Crippen molar-refractivity contribution in [3.8, 4) is 17.1 Å². The minimum absolute atomic E-state index is 0.459. The highest BCUT2D eigenvalue weighted by Gasteiger charge is 2.07. The van der Waals surface area contributed by atoms with Gasteiger partial charge in [0.05, 0.1) is 11.7 Å². The average Bonchev–Trinajstić information content (AvgIpc) is 3.35. The number of fused-ring (bicyclic) bond motifs is 1. The van der Waals surface area contributed by atoms with Gasteiger partial charge in [-0.2, -0.15) is 15.2 Å². The molecule has 4 aromatic rings. The van der Waals surface area contributed by atoms with Crippen LogP contribution in [0, 0.1) is 0 Å². The molecule has 8 heteroatoms. The van der Waals surface area contributed by atoms with E-state index < -0.39 is 0 Å². The maximum atomic E-state index is 5.73. The van der Waals surface area contributed by atoms with Crippen LogP contribution in [0.5, 0.6) is 5.75 Å². The van der Waals surface area contributed by atoms with Crippen LogP contribution in [0.3, 0.4) is 0 Å². The summed E-state index contributed by atoms with van der Waals surface area (Å²) in [6.07, 6.45) is 1.79.